The van der Waals surface area contributed by atoms with E-state index in [1.165, 1.54) is 0 Å². The van der Waals surface area contributed by atoms with E-state index in [0.717, 1.165) is 12.8 Å². The summed E-state index contributed by atoms with van der Waals surface area (Å²) in [5.41, 5.74) is 0. The van der Waals surface area contributed by atoms with Crippen LogP contribution in [0.2, 0.25) is 0 Å². The minimum absolute atomic E-state index is 0.0560. The van der Waals surface area contributed by atoms with Gasteiger partial charge in [-0.25, -0.2) is 4.79 Å². The molecular weight excluding hydrogens is 262 g/mol. The van der Waals surface area contributed by atoms with E-state index in [1.807, 2.05) is 0 Å². The number of hydrogen-bond acceptors (Lipinski definition) is 3. The number of carboxylic acids is 1. The van der Waals surface area contributed by atoms with E-state index in [1.54, 1.807) is 12.2 Å². The fraction of sp³-hybridized carbons (Fsp3) is 0.615. The van der Waals surface area contributed by atoms with Crippen molar-refractivity contribution in [1.82, 2.24) is 16.0 Å². The van der Waals surface area contributed by atoms with Gasteiger partial charge in [0.2, 0.25) is 5.91 Å². The lowest BCUT2D eigenvalue weighted by molar-refractivity contribution is -0.140. The number of carboxylic acid groups (broad SMARTS) is 1. The van der Waals surface area contributed by atoms with Crippen molar-refractivity contribution in [1.29, 1.82) is 0 Å². The van der Waals surface area contributed by atoms with Crippen LogP contribution in [0.4, 0.5) is 4.79 Å². The second kappa shape index (κ2) is 6.40. The molecule has 0 bridgehead atoms. The first-order valence-corrected chi connectivity index (χ1v) is 6.79. The Morgan fingerprint density at radius 1 is 1.15 bits per heavy atom. The Morgan fingerprint density at radius 3 is 2.50 bits per heavy atom. The lowest BCUT2D eigenvalue weighted by Gasteiger charge is -2.13. The maximum absolute atomic E-state index is 11.6. The monoisotopic (exact) mass is 281 g/mol. The Balaban J connectivity index is 1.57. The summed E-state index contributed by atoms with van der Waals surface area (Å²) in [6.07, 6.45) is 5.96. The zero-order valence-corrected chi connectivity index (χ0v) is 11.1. The molecule has 7 heteroatoms. The Bertz CT molecular complexity index is 431. The van der Waals surface area contributed by atoms with Gasteiger partial charge in [-0.1, -0.05) is 12.2 Å². The Hall–Kier alpha value is -2.05. The molecule has 0 heterocycles. The van der Waals surface area contributed by atoms with Crippen molar-refractivity contribution in [3.05, 3.63) is 12.2 Å². The summed E-state index contributed by atoms with van der Waals surface area (Å²) in [5.74, 6) is -1.48. The van der Waals surface area contributed by atoms with Crippen LogP contribution in [0.3, 0.4) is 0 Å². The normalized spacial score (nSPS) is 24.2. The molecule has 0 aromatic carbocycles. The third-order valence-electron chi connectivity index (χ3n) is 3.30. The highest BCUT2D eigenvalue weighted by atomic mass is 16.4. The van der Waals surface area contributed by atoms with Crippen molar-refractivity contribution in [2.75, 3.05) is 6.54 Å². The van der Waals surface area contributed by atoms with Crippen molar-refractivity contribution >= 4 is 17.9 Å². The van der Waals surface area contributed by atoms with Gasteiger partial charge in [-0.3, -0.25) is 9.59 Å². The lowest BCUT2D eigenvalue weighted by Crippen LogP contribution is -2.42. The van der Waals surface area contributed by atoms with Crippen LogP contribution in [0.1, 0.15) is 25.7 Å². The predicted octanol–water partition coefficient (Wildman–Crippen LogP) is -0.0164. The quantitative estimate of drug-likeness (QED) is 0.513. The number of nitrogens with one attached hydrogen (secondary N) is 3. The molecule has 2 aliphatic carbocycles. The summed E-state index contributed by atoms with van der Waals surface area (Å²) in [5, 5.41) is 16.9. The van der Waals surface area contributed by atoms with Crippen LogP contribution in [0.25, 0.3) is 0 Å². The lowest BCUT2D eigenvalue weighted by atomic mass is 10.1. The summed E-state index contributed by atoms with van der Waals surface area (Å²) in [6.45, 7) is 0.267. The molecule has 2 rings (SSSR count). The van der Waals surface area contributed by atoms with E-state index in [4.69, 9.17) is 5.11 Å². The maximum atomic E-state index is 11.6. The van der Waals surface area contributed by atoms with Crippen LogP contribution in [0.15, 0.2) is 12.2 Å². The van der Waals surface area contributed by atoms with Crippen LogP contribution >= 0.6 is 0 Å². The summed E-state index contributed by atoms with van der Waals surface area (Å²) in [4.78, 5) is 33.7. The number of rotatable bonds is 6. The van der Waals surface area contributed by atoms with Crippen LogP contribution in [0.5, 0.6) is 0 Å². The third-order valence-corrected chi connectivity index (χ3v) is 3.30. The molecule has 2 atom stereocenters. The highest BCUT2D eigenvalue weighted by Crippen LogP contribution is 2.18. The highest BCUT2D eigenvalue weighted by molar-refractivity contribution is 5.79. The van der Waals surface area contributed by atoms with Crippen molar-refractivity contribution in [3.8, 4) is 0 Å². The molecule has 2 aliphatic rings. The first-order valence-electron chi connectivity index (χ1n) is 6.79. The Labute approximate surface area is 116 Å². The van der Waals surface area contributed by atoms with Crippen molar-refractivity contribution in [2.24, 2.45) is 5.92 Å². The van der Waals surface area contributed by atoms with Crippen LogP contribution < -0.4 is 16.0 Å². The second-order valence-electron chi connectivity index (χ2n) is 5.16. The summed E-state index contributed by atoms with van der Waals surface area (Å²) < 4.78 is 0. The predicted molar refractivity (Wildman–Crippen MR) is 71.0 cm³/mol. The number of carbonyl (C=O) groups is 3. The van der Waals surface area contributed by atoms with Crippen LogP contribution in [-0.4, -0.2) is 41.6 Å². The van der Waals surface area contributed by atoms with Crippen LogP contribution in [-0.2, 0) is 9.59 Å². The fourth-order valence-corrected chi connectivity index (χ4v) is 2.03. The van der Waals surface area contributed by atoms with E-state index in [0.29, 0.717) is 12.5 Å². The van der Waals surface area contributed by atoms with Gasteiger partial charge in [0.05, 0.1) is 12.0 Å². The molecular formula is C13H19N3O4. The minimum Gasteiger partial charge on any atom is -0.481 e. The molecule has 2 unspecified atom stereocenters. The second-order valence-corrected chi connectivity index (χ2v) is 5.16. The third kappa shape index (κ3) is 4.56. The smallest absolute Gasteiger partial charge is 0.315 e. The SMILES string of the molecule is O=C(CCNC(=O)NC1C=CC(C(=O)O)C1)NC1CC1. The summed E-state index contributed by atoms with van der Waals surface area (Å²) in [6, 6.07) is -0.325. The topological polar surface area (TPSA) is 108 Å². The molecule has 3 amide bonds. The van der Waals surface area contributed by atoms with E-state index in [2.05, 4.69) is 16.0 Å². The minimum atomic E-state index is -0.886. The van der Waals surface area contributed by atoms with Crippen molar-refractivity contribution in [3.63, 3.8) is 0 Å². The standard InChI is InChI=1S/C13H19N3O4/c17-11(15-9-3-4-9)5-6-14-13(20)16-10-2-1-8(7-10)12(18)19/h1-2,8-10H,3-7H2,(H,15,17)(H,18,19)(H2,14,16,20). The fourth-order valence-electron chi connectivity index (χ4n) is 2.03. The largest absolute Gasteiger partial charge is 0.481 e. The maximum Gasteiger partial charge on any atom is 0.315 e. The summed E-state index contributed by atoms with van der Waals surface area (Å²) in [7, 11) is 0. The number of amides is 3. The molecule has 0 radical (unpaired) electrons. The van der Waals surface area contributed by atoms with E-state index < -0.39 is 11.9 Å². The number of aliphatic carboxylic acids is 1. The molecule has 20 heavy (non-hydrogen) atoms. The molecule has 7 nitrogen and oxygen atoms in total. The zero-order valence-electron chi connectivity index (χ0n) is 11.1. The Morgan fingerprint density at radius 2 is 1.90 bits per heavy atom. The van der Waals surface area contributed by atoms with Crippen molar-refractivity contribution in [2.45, 2.75) is 37.8 Å². The van der Waals surface area contributed by atoms with Gasteiger partial charge in [-0.15, -0.1) is 0 Å². The van der Waals surface area contributed by atoms with Crippen molar-refractivity contribution < 1.29 is 19.5 Å². The number of urea groups is 1. The molecule has 1 saturated carbocycles. The number of carbonyl (C=O) groups excluding carboxylic acids is 2. The van der Waals surface area contributed by atoms with Gasteiger partial charge in [0.25, 0.3) is 0 Å². The van der Waals surface area contributed by atoms with Gasteiger partial charge >= 0.3 is 12.0 Å². The van der Waals surface area contributed by atoms with E-state index >= 15 is 0 Å². The average molecular weight is 281 g/mol. The van der Waals surface area contributed by atoms with Gasteiger partial charge in [-0.2, -0.15) is 0 Å². The summed E-state index contributed by atoms with van der Waals surface area (Å²) >= 11 is 0. The van der Waals surface area contributed by atoms with Gasteiger partial charge in [0, 0.05) is 19.0 Å². The van der Waals surface area contributed by atoms with Gasteiger partial charge in [-0.05, 0) is 19.3 Å². The van der Waals surface area contributed by atoms with Gasteiger partial charge in [0.15, 0.2) is 0 Å². The molecule has 110 valence electrons. The molecule has 0 saturated heterocycles. The molecule has 0 aromatic heterocycles. The highest BCUT2D eigenvalue weighted by Gasteiger charge is 2.25. The first kappa shape index (κ1) is 14.4. The zero-order chi connectivity index (χ0) is 14.5. The van der Waals surface area contributed by atoms with Gasteiger partial charge < -0.3 is 21.1 Å². The molecule has 1 fully saturated rings. The molecule has 0 aromatic rings. The van der Waals surface area contributed by atoms with E-state index in [-0.39, 0.29) is 30.9 Å². The Kier molecular flexibility index (Phi) is 4.60. The van der Waals surface area contributed by atoms with Crippen LogP contribution in [0, 0.1) is 5.92 Å². The van der Waals surface area contributed by atoms with E-state index in [9.17, 15) is 14.4 Å². The molecule has 4 N–H and O–H groups in total. The molecule has 0 spiro atoms. The molecule has 0 aliphatic heterocycles. The van der Waals surface area contributed by atoms with Gasteiger partial charge in [0.1, 0.15) is 0 Å². The average Bonchev–Trinajstić information content (AvgIpc) is 3.05. The first-order chi connectivity index (χ1) is 9.54. The number of hydrogen-bond donors (Lipinski definition) is 4.